The first-order valence-electron chi connectivity index (χ1n) is 17.3. The minimum atomic E-state index is -5.04. The van der Waals surface area contributed by atoms with Crippen LogP contribution in [0.1, 0.15) is 69.5 Å². The maximum Gasteiger partial charge on any atom is 0.416 e. The van der Waals surface area contributed by atoms with Crippen LogP contribution in [0.4, 0.5) is 26.3 Å². The number of nitrogens with zero attached hydrogens (tertiary/aromatic N) is 4. The molecule has 0 radical (unpaired) electrons. The molecule has 0 saturated carbocycles. The molecule has 0 bridgehead atoms. The van der Waals surface area contributed by atoms with E-state index in [0.29, 0.717) is 49.5 Å². The highest BCUT2D eigenvalue weighted by Crippen LogP contribution is 2.37. The second kappa shape index (κ2) is 15.1. The zero-order valence-electron chi connectivity index (χ0n) is 27.8. The average molecular weight is 701 g/mol. The first kappa shape index (κ1) is 35.9. The molecule has 3 unspecified atom stereocenters. The van der Waals surface area contributed by atoms with E-state index >= 15 is 0 Å². The summed E-state index contributed by atoms with van der Waals surface area (Å²) in [6.07, 6.45) is -5.64. The fourth-order valence-corrected chi connectivity index (χ4v) is 7.83. The molecule has 0 aromatic heterocycles. The van der Waals surface area contributed by atoms with E-state index in [0.717, 1.165) is 57.5 Å². The summed E-state index contributed by atoms with van der Waals surface area (Å²) in [6, 6.07) is 20.0. The minimum Gasteiger partial charge on any atom is -0.339 e. The highest BCUT2D eigenvalue weighted by molar-refractivity contribution is 5.95. The summed E-state index contributed by atoms with van der Waals surface area (Å²) in [5, 5.41) is 0. The summed E-state index contributed by atoms with van der Waals surface area (Å²) in [5.74, 6) is -0.751. The molecule has 6 rings (SSSR count). The van der Waals surface area contributed by atoms with Gasteiger partial charge in [0.15, 0.2) is 0 Å². The number of piperidine rings is 1. The van der Waals surface area contributed by atoms with Crippen molar-refractivity contribution in [3.05, 3.63) is 107 Å². The van der Waals surface area contributed by atoms with E-state index < -0.39 is 41.0 Å². The SMILES string of the molecule is O=C(c1ccccc1)N1CCCC(N2CCN(C3CCN(C(=O)c4cc(C(F)(F)F)cc(C(F)(F)F)c4)C(Cc4ccccc4)C3)CC2)CC1. The van der Waals surface area contributed by atoms with E-state index in [-0.39, 0.29) is 24.6 Å². The van der Waals surface area contributed by atoms with Crippen LogP contribution in [0.5, 0.6) is 0 Å². The number of hydrogen-bond acceptors (Lipinski definition) is 4. The van der Waals surface area contributed by atoms with Gasteiger partial charge in [-0.15, -0.1) is 0 Å². The topological polar surface area (TPSA) is 47.1 Å². The summed E-state index contributed by atoms with van der Waals surface area (Å²) >= 11 is 0. The molecule has 3 atom stereocenters. The molecule has 3 aromatic carbocycles. The van der Waals surface area contributed by atoms with Gasteiger partial charge in [0.1, 0.15) is 0 Å². The third-order valence-electron chi connectivity index (χ3n) is 10.5. The van der Waals surface area contributed by atoms with Gasteiger partial charge < -0.3 is 9.80 Å². The Morgan fingerprint density at radius 3 is 1.76 bits per heavy atom. The summed E-state index contributed by atoms with van der Waals surface area (Å²) in [6.45, 7) is 5.05. The standard InChI is InChI=1S/C38H42F6N4O2/c39-37(40,41)30-23-29(24-31(25-30)38(42,43)44)36(50)48-17-14-33(26-34(48)22-27-8-3-1-4-9-27)46-20-18-45(19-21-46)32-12-7-15-47(16-13-32)35(49)28-10-5-2-6-11-28/h1-6,8-11,23-25,32-34H,7,12-22,26H2. The minimum absolute atomic E-state index is 0.0550. The number of rotatable bonds is 6. The Bertz CT molecular complexity index is 1580. The largest absolute Gasteiger partial charge is 0.416 e. The van der Waals surface area contributed by atoms with E-state index in [1.165, 1.54) is 4.90 Å². The first-order chi connectivity index (χ1) is 23.9. The van der Waals surface area contributed by atoms with Gasteiger partial charge in [-0.05, 0) is 74.4 Å². The molecule has 6 nitrogen and oxygen atoms in total. The van der Waals surface area contributed by atoms with E-state index in [1.807, 2.05) is 65.6 Å². The maximum atomic E-state index is 13.8. The number of hydrogen-bond donors (Lipinski definition) is 0. The smallest absolute Gasteiger partial charge is 0.339 e. The molecular formula is C38H42F6N4O2. The Balaban J connectivity index is 1.12. The molecular weight excluding hydrogens is 658 g/mol. The maximum absolute atomic E-state index is 13.8. The van der Waals surface area contributed by atoms with Gasteiger partial charge in [0.05, 0.1) is 11.1 Å². The summed E-state index contributed by atoms with van der Waals surface area (Å²) < 4.78 is 81.8. The number of amides is 2. The number of alkyl halides is 6. The van der Waals surface area contributed by atoms with Gasteiger partial charge in [0, 0.05) is 75.1 Å². The van der Waals surface area contributed by atoms with Gasteiger partial charge >= 0.3 is 12.4 Å². The van der Waals surface area contributed by atoms with Crippen LogP contribution in [-0.4, -0.2) is 95.4 Å². The Morgan fingerprint density at radius 2 is 1.16 bits per heavy atom. The van der Waals surface area contributed by atoms with Gasteiger partial charge in [0.2, 0.25) is 0 Å². The van der Waals surface area contributed by atoms with E-state index in [1.54, 1.807) is 0 Å². The number of piperazine rings is 1. The van der Waals surface area contributed by atoms with Gasteiger partial charge in [-0.3, -0.25) is 19.4 Å². The lowest BCUT2D eigenvalue weighted by Gasteiger charge is -2.47. The molecule has 3 aliphatic rings. The lowest BCUT2D eigenvalue weighted by atomic mass is 9.90. The number of benzene rings is 3. The zero-order valence-corrected chi connectivity index (χ0v) is 27.8. The van der Waals surface area contributed by atoms with Crippen molar-refractivity contribution in [2.45, 2.75) is 69.0 Å². The Hall–Kier alpha value is -3.90. The highest BCUT2D eigenvalue weighted by atomic mass is 19.4. The normalized spacial score (nSPS) is 23.0. The van der Waals surface area contributed by atoms with E-state index in [9.17, 15) is 35.9 Å². The second-order valence-electron chi connectivity index (χ2n) is 13.6. The van der Waals surface area contributed by atoms with Crippen LogP contribution in [0, 0.1) is 0 Å². The van der Waals surface area contributed by atoms with Crippen molar-refractivity contribution in [1.82, 2.24) is 19.6 Å². The molecule has 2 amide bonds. The fraction of sp³-hybridized carbons (Fsp3) is 0.474. The quantitative estimate of drug-likeness (QED) is 0.255. The molecule has 0 spiro atoms. The molecule has 3 fully saturated rings. The van der Waals surface area contributed by atoms with Gasteiger partial charge in [-0.2, -0.15) is 26.3 Å². The van der Waals surface area contributed by atoms with Crippen LogP contribution in [0.3, 0.4) is 0 Å². The molecule has 3 aliphatic heterocycles. The predicted molar refractivity (Wildman–Crippen MR) is 178 cm³/mol. The number of likely N-dealkylation sites (tertiary alicyclic amines) is 2. The monoisotopic (exact) mass is 700 g/mol. The average Bonchev–Trinajstić information content (AvgIpc) is 3.38. The number of carbonyl (C=O) groups is 2. The molecule has 0 N–H and O–H groups in total. The summed E-state index contributed by atoms with van der Waals surface area (Å²) in [5.41, 5.74) is -1.95. The van der Waals surface area contributed by atoms with Gasteiger partial charge in [-0.1, -0.05) is 48.5 Å². The van der Waals surface area contributed by atoms with Gasteiger partial charge in [0.25, 0.3) is 11.8 Å². The zero-order chi connectivity index (χ0) is 35.5. The Kier molecular flexibility index (Phi) is 10.9. The molecule has 3 aromatic rings. The highest BCUT2D eigenvalue weighted by Gasteiger charge is 2.40. The van der Waals surface area contributed by atoms with Crippen LogP contribution in [0.25, 0.3) is 0 Å². The van der Waals surface area contributed by atoms with Crippen molar-refractivity contribution in [2.75, 3.05) is 45.8 Å². The molecule has 3 saturated heterocycles. The van der Waals surface area contributed by atoms with E-state index in [2.05, 4.69) is 9.80 Å². The lowest BCUT2D eigenvalue weighted by molar-refractivity contribution is -0.143. The van der Waals surface area contributed by atoms with Gasteiger partial charge in [-0.25, -0.2) is 0 Å². The van der Waals surface area contributed by atoms with Crippen molar-refractivity contribution < 1.29 is 35.9 Å². The molecule has 0 aliphatic carbocycles. The predicted octanol–water partition coefficient (Wildman–Crippen LogP) is 7.25. The summed E-state index contributed by atoms with van der Waals surface area (Å²) in [7, 11) is 0. The van der Waals surface area contributed by atoms with E-state index in [4.69, 9.17) is 0 Å². The van der Waals surface area contributed by atoms with Crippen LogP contribution in [-0.2, 0) is 18.8 Å². The van der Waals surface area contributed by atoms with Crippen LogP contribution < -0.4 is 0 Å². The van der Waals surface area contributed by atoms with Crippen molar-refractivity contribution >= 4 is 11.8 Å². The van der Waals surface area contributed by atoms with Crippen molar-refractivity contribution in [1.29, 1.82) is 0 Å². The Morgan fingerprint density at radius 1 is 0.600 bits per heavy atom. The molecule has 3 heterocycles. The van der Waals surface area contributed by atoms with Crippen LogP contribution in [0.15, 0.2) is 78.9 Å². The number of halogens is 6. The Labute approximate surface area is 288 Å². The summed E-state index contributed by atoms with van der Waals surface area (Å²) in [4.78, 5) is 35.2. The molecule has 268 valence electrons. The number of carbonyl (C=O) groups excluding carboxylic acids is 2. The van der Waals surface area contributed by atoms with Crippen LogP contribution >= 0.6 is 0 Å². The first-order valence-corrected chi connectivity index (χ1v) is 17.3. The van der Waals surface area contributed by atoms with Crippen molar-refractivity contribution in [3.63, 3.8) is 0 Å². The lowest BCUT2D eigenvalue weighted by Crippen LogP contribution is -2.58. The fourth-order valence-electron chi connectivity index (χ4n) is 7.83. The van der Waals surface area contributed by atoms with Crippen molar-refractivity contribution in [2.24, 2.45) is 0 Å². The van der Waals surface area contributed by atoms with Crippen molar-refractivity contribution in [3.8, 4) is 0 Å². The van der Waals surface area contributed by atoms with Crippen LogP contribution in [0.2, 0.25) is 0 Å². The second-order valence-corrected chi connectivity index (χ2v) is 13.6. The molecule has 50 heavy (non-hydrogen) atoms. The third kappa shape index (κ3) is 8.51. The third-order valence-corrected chi connectivity index (χ3v) is 10.5. The molecule has 12 heteroatoms.